The Morgan fingerprint density at radius 2 is 1.88 bits per heavy atom. The second-order valence-corrected chi connectivity index (χ2v) is 4.31. The van der Waals surface area contributed by atoms with Crippen LogP contribution in [-0.4, -0.2) is 19.1 Å². The zero-order valence-corrected chi connectivity index (χ0v) is 10.5. The Labute approximate surface area is 99.5 Å². The molecule has 17 heavy (non-hydrogen) atoms. The van der Waals surface area contributed by atoms with E-state index in [0.717, 1.165) is 0 Å². The number of rotatable bonds is 3. The Morgan fingerprint density at radius 1 is 1.29 bits per heavy atom. The molecule has 0 aliphatic heterocycles. The first-order valence-electron chi connectivity index (χ1n) is 5.52. The second-order valence-electron chi connectivity index (χ2n) is 4.31. The molecular formula is C12H17F3N2. The van der Waals surface area contributed by atoms with E-state index >= 15 is 0 Å². The highest BCUT2D eigenvalue weighted by Crippen LogP contribution is 2.35. The number of hydrogen-bond donors (Lipinski definition) is 0. The summed E-state index contributed by atoms with van der Waals surface area (Å²) >= 11 is 0. The molecule has 0 saturated carbocycles. The third kappa shape index (κ3) is 3.11. The summed E-state index contributed by atoms with van der Waals surface area (Å²) in [5.74, 6) is 0.180. The van der Waals surface area contributed by atoms with Crippen LogP contribution in [0.2, 0.25) is 0 Å². The topological polar surface area (TPSA) is 16.1 Å². The summed E-state index contributed by atoms with van der Waals surface area (Å²) in [4.78, 5) is 5.28. The van der Waals surface area contributed by atoms with Crippen LogP contribution in [0.3, 0.4) is 0 Å². The summed E-state index contributed by atoms with van der Waals surface area (Å²) in [7, 11) is 3.34. The van der Waals surface area contributed by atoms with Crippen LogP contribution in [0.5, 0.6) is 0 Å². The third-order valence-electron chi connectivity index (χ3n) is 2.78. The van der Waals surface area contributed by atoms with Gasteiger partial charge in [-0.1, -0.05) is 19.9 Å². The van der Waals surface area contributed by atoms with E-state index in [1.54, 1.807) is 32.0 Å². The van der Waals surface area contributed by atoms with Crippen LogP contribution in [0.15, 0.2) is 12.1 Å². The average molecular weight is 246 g/mol. The molecule has 0 spiro atoms. The van der Waals surface area contributed by atoms with E-state index in [0.29, 0.717) is 12.2 Å². The highest BCUT2D eigenvalue weighted by Gasteiger charge is 2.36. The fraction of sp³-hybridized carbons (Fsp3) is 0.583. The van der Waals surface area contributed by atoms with E-state index < -0.39 is 11.9 Å². The predicted octanol–water partition coefficient (Wildman–Crippen LogP) is 3.68. The van der Waals surface area contributed by atoms with Crippen LogP contribution in [0.25, 0.3) is 0 Å². The molecule has 1 aromatic heterocycles. The predicted molar refractivity (Wildman–Crippen MR) is 62.3 cm³/mol. The second kappa shape index (κ2) is 4.94. The van der Waals surface area contributed by atoms with E-state index in [-0.39, 0.29) is 11.5 Å². The zero-order valence-electron chi connectivity index (χ0n) is 10.5. The Kier molecular flexibility index (Phi) is 4.01. The lowest BCUT2D eigenvalue weighted by atomic mass is 9.96. The van der Waals surface area contributed by atoms with Crippen LogP contribution in [0, 0.1) is 0 Å². The number of hydrogen-bond acceptors (Lipinski definition) is 2. The van der Waals surface area contributed by atoms with Gasteiger partial charge in [0, 0.05) is 14.1 Å². The summed E-state index contributed by atoms with van der Waals surface area (Å²) in [6.45, 7) is 3.65. The van der Waals surface area contributed by atoms with Gasteiger partial charge >= 0.3 is 6.18 Å². The maximum absolute atomic E-state index is 12.9. The molecule has 1 heterocycles. The van der Waals surface area contributed by atoms with Crippen molar-refractivity contribution in [2.75, 3.05) is 19.0 Å². The number of alkyl halides is 3. The molecule has 0 aliphatic rings. The van der Waals surface area contributed by atoms with Crippen molar-refractivity contribution in [1.29, 1.82) is 0 Å². The smallest absolute Gasteiger partial charge is 0.363 e. The molecule has 1 rings (SSSR count). The molecule has 1 aromatic rings. The van der Waals surface area contributed by atoms with Crippen molar-refractivity contribution in [3.63, 3.8) is 0 Å². The molecule has 1 atom stereocenters. The highest BCUT2D eigenvalue weighted by molar-refractivity contribution is 5.42. The van der Waals surface area contributed by atoms with Gasteiger partial charge in [0.15, 0.2) is 0 Å². The molecule has 0 aromatic carbocycles. The van der Waals surface area contributed by atoms with Crippen molar-refractivity contribution < 1.29 is 13.2 Å². The van der Waals surface area contributed by atoms with E-state index in [9.17, 15) is 13.2 Å². The normalized spacial score (nSPS) is 13.6. The minimum absolute atomic E-state index is 0.143. The maximum Gasteiger partial charge on any atom is 0.433 e. The maximum atomic E-state index is 12.9. The highest BCUT2D eigenvalue weighted by atomic mass is 19.4. The van der Waals surface area contributed by atoms with Gasteiger partial charge in [-0.25, -0.2) is 4.98 Å². The number of aromatic nitrogens is 1. The summed E-state index contributed by atoms with van der Waals surface area (Å²) < 4.78 is 38.7. The molecule has 0 radical (unpaired) electrons. The Bertz CT molecular complexity index is 386. The van der Waals surface area contributed by atoms with Crippen LogP contribution < -0.4 is 4.90 Å². The minimum Gasteiger partial charge on any atom is -0.363 e. The van der Waals surface area contributed by atoms with Crippen LogP contribution in [-0.2, 0) is 6.18 Å². The Morgan fingerprint density at radius 3 is 2.29 bits per heavy atom. The van der Waals surface area contributed by atoms with Crippen molar-refractivity contribution in [2.24, 2.45) is 0 Å². The van der Waals surface area contributed by atoms with E-state index in [1.165, 1.54) is 6.07 Å². The molecule has 96 valence electrons. The van der Waals surface area contributed by atoms with Gasteiger partial charge in [0.25, 0.3) is 0 Å². The first kappa shape index (κ1) is 13.8. The molecule has 0 amide bonds. The molecule has 0 aliphatic carbocycles. The van der Waals surface area contributed by atoms with Crippen molar-refractivity contribution in [3.8, 4) is 0 Å². The van der Waals surface area contributed by atoms with Gasteiger partial charge < -0.3 is 4.90 Å². The Balaban J connectivity index is 3.32. The third-order valence-corrected chi connectivity index (χ3v) is 2.78. The van der Waals surface area contributed by atoms with E-state index in [2.05, 4.69) is 4.98 Å². The largest absolute Gasteiger partial charge is 0.433 e. The number of halogens is 3. The summed E-state index contributed by atoms with van der Waals surface area (Å²) in [6.07, 6.45) is -3.74. The molecule has 0 bridgehead atoms. The average Bonchev–Trinajstić information content (AvgIpc) is 2.26. The van der Waals surface area contributed by atoms with Gasteiger partial charge in [0.2, 0.25) is 0 Å². The van der Waals surface area contributed by atoms with Gasteiger partial charge in [-0.3, -0.25) is 0 Å². The first-order valence-corrected chi connectivity index (χ1v) is 5.52. The standard InChI is InChI=1S/C12H17F3N2/c1-5-8(2)9-6-7-10(17(3)4)16-11(9)12(13,14)15/h6-8H,5H2,1-4H3. The van der Waals surface area contributed by atoms with Crippen molar-refractivity contribution in [1.82, 2.24) is 4.98 Å². The fourth-order valence-electron chi connectivity index (χ4n) is 1.55. The molecule has 5 heteroatoms. The van der Waals surface area contributed by atoms with Gasteiger partial charge in [-0.15, -0.1) is 0 Å². The molecular weight excluding hydrogens is 229 g/mol. The quantitative estimate of drug-likeness (QED) is 0.808. The van der Waals surface area contributed by atoms with Gasteiger partial charge in [-0.05, 0) is 24.0 Å². The molecule has 0 N–H and O–H groups in total. The lowest BCUT2D eigenvalue weighted by Gasteiger charge is -2.19. The van der Waals surface area contributed by atoms with E-state index in [1.807, 2.05) is 6.92 Å². The van der Waals surface area contributed by atoms with E-state index in [4.69, 9.17) is 0 Å². The van der Waals surface area contributed by atoms with Crippen LogP contribution in [0.4, 0.5) is 19.0 Å². The number of anilines is 1. The monoisotopic (exact) mass is 246 g/mol. The molecule has 0 saturated heterocycles. The van der Waals surface area contributed by atoms with Crippen LogP contribution >= 0.6 is 0 Å². The first-order chi connectivity index (χ1) is 7.77. The van der Waals surface area contributed by atoms with Crippen molar-refractivity contribution >= 4 is 5.82 Å². The number of pyridine rings is 1. The van der Waals surface area contributed by atoms with Crippen molar-refractivity contribution in [3.05, 3.63) is 23.4 Å². The minimum atomic E-state index is -4.40. The summed E-state index contributed by atoms with van der Waals surface area (Å²) in [6, 6.07) is 3.15. The summed E-state index contributed by atoms with van der Waals surface area (Å²) in [5, 5.41) is 0. The molecule has 0 fully saturated rings. The zero-order chi connectivity index (χ0) is 13.2. The Hall–Kier alpha value is -1.26. The summed E-state index contributed by atoms with van der Waals surface area (Å²) in [5.41, 5.74) is -0.497. The van der Waals surface area contributed by atoms with Crippen LogP contribution in [0.1, 0.15) is 37.4 Å². The molecule has 2 nitrogen and oxygen atoms in total. The van der Waals surface area contributed by atoms with Crippen molar-refractivity contribution in [2.45, 2.75) is 32.4 Å². The SMILES string of the molecule is CCC(C)c1ccc(N(C)C)nc1C(F)(F)F. The fourth-order valence-corrected chi connectivity index (χ4v) is 1.55. The lowest BCUT2D eigenvalue weighted by molar-refractivity contribution is -0.141. The van der Waals surface area contributed by atoms with Gasteiger partial charge in [0.1, 0.15) is 11.5 Å². The van der Waals surface area contributed by atoms with Gasteiger partial charge in [-0.2, -0.15) is 13.2 Å². The molecule has 1 unspecified atom stereocenters. The van der Waals surface area contributed by atoms with Gasteiger partial charge in [0.05, 0.1) is 0 Å². The number of nitrogens with zero attached hydrogens (tertiary/aromatic N) is 2. The lowest BCUT2D eigenvalue weighted by Crippen LogP contribution is -2.18.